The molecule has 1 aliphatic carbocycles. The van der Waals surface area contributed by atoms with Crippen molar-refractivity contribution >= 4 is 24.7 Å². The second kappa shape index (κ2) is 11.4. The van der Waals surface area contributed by atoms with Crippen molar-refractivity contribution in [2.45, 2.75) is 58.2 Å². The number of amides is 2. The van der Waals surface area contributed by atoms with Crippen LogP contribution in [0.3, 0.4) is 0 Å². The van der Waals surface area contributed by atoms with Crippen molar-refractivity contribution in [2.24, 2.45) is 0 Å². The van der Waals surface area contributed by atoms with Crippen molar-refractivity contribution in [2.75, 3.05) is 0 Å². The summed E-state index contributed by atoms with van der Waals surface area (Å²) in [5.41, 5.74) is 3.72. The highest BCUT2D eigenvalue weighted by Gasteiger charge is 2.30. The van der Waals surface area contributed by atoms with Crippen LogP contribution in [0.5, 0.6) is 0 Å². The first-order valence-corrected chi connectivity index (χ1v) is 13.2. The van der Waals surface area contributed by atoms with Crippen LogP contribution in [0.1, 0.15) is 42.4 Å². The van der Waals surface area contributed by atoms with E-state index in [1.165, 1.54) is 28.2 Å². The van der Waals surface area contributed by atoms with Gasteiger partial charge >= 0.3 is 6.03 Å². The van der Waals surface area contributed by atoms with E-state index < -0.39 is 8.07 Å². The first kappa shape index (κ1) is 23.5. The molecule has 0 aliphatic heterocycles. The zero-order chi connectivity index (χ0) is 23.0. The summed E-state index contributed by atoms with van der Waals surface area (Å²) in [5.74, 6) is 0. The Bertz CT molecular complexity index is 1010. The van der Waals surface area contributed by atoms with Gasteiger partial charge in [0.15, 0.2) is 0 Å². The number of aryl methyl sites for hydroxylation is 2. The van der Waals surface area contributed by atoms with Crippen LogP contribution in [0.4, 0.5) is 4.79 Å². The van der Waals surface area contributed by atoms with Crippen molar-refractivity contribution < 1.29 is 4.79 Å². The van der Waals surface area contributed by atoms with Gasteiger partial charge in [0, 0.05) is 26.7 Å². The highest BCUT2D eigenvalue weighted by atomic mass is 31.1. The normalized spacial score (nSPS) is 18.2. The van der Waals surface area contributed by atoms with Crippen LogP contribution >= 0.6 is 8.07 Å². The van der Waals surface area contributed by atoms with Crippen LogP contribution in [-0.2, 0) is 6.54 Å². The van der Waals surface area contributed by atoms with E-state index in [1.807, 2.05) is 30.3 Å². The highest BCUT2D eigenvalue weighted by molar-refractivity contribution is 7.71. The Kier molecular flexibility index (Phi) is 8.15. The Morgan fingerprint density at radius 2 is 1.33 bits per heavy atom. The number of carbonyl (C=O) groups is 1. The van der Waals surface area contributed by atoms with E-state index in [0.29, 0.717) is 6.54 Å². The van der Waals surface area contributed by atoms with Crippen molar-refractivity contribution in [3.05, 3.63) is 95.6 Å². The fourth-order valence-electron chi connectivity index (χ4n) is 4.52. The molecule has 0 radical (unpaired) electrons. The first-order valence-electron chi connectivity index (χ1n) is 11.9. The topological polar surface area (TPSA) is 53.2 Å². The summed E-state index contributed by atoms with van der Waals surface area (Å²) in [7, 11) is -0.733. The van der Waals surface area contributed by atoms with Gasteiger partial charge in [0.05, 0.1) is 0 Å². The number of rotatable bonds is 7. The van der Waals surface area contributed by atoms with E-state index in [-0.39, 0.29) is 18.1 Å². The van der Waals surface area contributed by atoms with Crippen LogP contribution in [-0.4, -0.2) is 18.1 Å². The van der Waals surface area contributed by atoms with Crippen molar-refractivity contribution in [1.82, 2.24) is 15.7 Å². The maximum absolute atomic E-state index is 12.7. The van der Waals surface area contributed by atoms with E-state index in [9.17, 15) is 4.79 Å². The number of benzene rings is 3. The molecule has 3 aromatic carbocycles. The molecule has 0 spiro atoms. The molecule has 0 bridgehead atoms. The lowest BCUT2D eigenvalue weighted by molar-refractivity contribution is 0.227. The fourth-order valence-corrected chi connectivity index (χ4v) is 7.02. The summed E-state index contributed by atoms with van der Waals surface area (Å²) in [4.78, 5) is 12.7. The van der Waals surface area contributed by atoms with Gasteiger partial charge in [-0.25, -0.2) is 4.79 Å². The lowest BCUT2D eigenvalue weighted by atomic mass is 9.91. The molecule has 4 nitrogen and oxygen atoms in total. The average Bonchev–Trinajstić information content (AvgIpc) is 2.84. The van der Waals surface area contributed by atoms with Gasteiger partial charge in [0.25, 0.3) is 0 Å². The molecule has 2 unspecified atom stereocenters. The third-order valence-electron chi connectivity index (χ3n) is 6.39. The SMILES string of the molecule is Cc1ccccc1P(NC1CCCCC1NC(=O)NCc1ccccc1)c1ccccc1C. The van der Waals surface area contributed by atoms with Crippen LogP contribution in [0.2, 0.25) is 0 Å². The molecular weight excluding hydrogens is 425 g/mol. The molecule has 3 aromatic rings. The summed E-state index contributed by atoms with van der Waals surface area (Å²) in [6, 6.07) is 27.7. The molecule has 172 valence electrons. The molecule has 3 N–H and O–H groups in total. The molecule has 0 aromatic heterocycles. The standard InChI is InChI=1S/C28H34N3OP/c1-21-12-6-10-18-26(21)33(27-19-11-7-13-22(27)2)31-25-17-9-8-16-24(25)30-28(32)29-20-23-14-4-3-5-15-23/h3-7,10-15,18-19,24-25,31H,8-9,16-17,20H2,1-2H3,(H2,29,30,32). The van der Waals surface area contributed by atoms with E-state index in [2.05, 4.69) is 78.1 Å². The molecule has 1 aliphatic rings. The Hall–Kier alpha value is -2.68. The summed E-state index contributed by atoms with van der Waals surface area (Å²) in [6.45, 7) is 4.92. The van der Waals surface area contributed by atoms with Gasteiger partial charge in [0.1, 0.15) is 0 Å². The molecule has 1 fully saturated rings. The minimum absolute atomic E-state index is 0.0892. The summed E-state index contributed by atoms with van der Waals surface area (Å²) >= 11 is 0. The van der Waals surface area contributed by atoms with Crippen LogP contribution in [0.15, 0.2) is 78.9 Å². The Morgan fingerprint density at radius 1 is 0.788 bits per heavy atom. The zero-order valence-electron chi connectivity index (χ0n) is 19.6. The second-order valence-electron chi connectivity index (χ2n) is 8.85. The van der Waals surface area contributed by atoms with Gasteiger partial charge in [-0.1, -0.05) is 91.7 Å². The van der Waals surface area contributed by atoms with Crippen molar-refractivity contribution in [3.63, 3.8) is 0 Å². The third kappa shape index (κ3) is 6.22. The molecule has 1 saturated carbocycles. The molecule has 5 heteroatoms. The molecular formula is C28H34N3OP. The second-order valence-corrected chi connectivity index (χ2v) is 10.7. The number of hydrogen-bond acceptors (Lipinski definition) is 2. The highest BCUT2D eigenvalue weighted by Crippen LogP contribution is 2.35. The smallest absolute Gasteiger partial charge is 0.315 e. The van der Waals surface area contributed by atoms with E-state index >= 15 is 0 Å². The predicted molar refractivity (Wildman–Crippen MR) is 140 cm³/mol. The maximum Gasteiger partial charge on any atom is 0.315 e. The van der Waals surface area contributed by atoms with Gasteiger partial charge in [-0.05, 0) is 54.0 Å². The van der Waals surface area contributed by atoms with E-state index in [1.54, 1.807) is 0 Å². The number of carbonyl (C=O) groups excluding carboxylic acids is 1. The molecule has 4 rings (SSSR count). The molecule has 0 saturated heterocycles. The first-order chi connectivity index (χ1) is 16.1. The van der Waals surface area contributed by atoms with Gasteiger partial charge in [-0.3, -0.25) is 5.09 Å². The number of hydrogen-bond donors (Lipinski definition) is 3. The van der Waals surface area contributed by atoms with Crippen LogP contribution in [0, 0.1) is 13.8 Å². The maximum atomic E-state index is 12.7. The minimum atomic E-state index is -0.733. The van der Waals surface area contributed by atoms with Gasteiger partial charge < -0.3 is 10.6 Å². The van der Waals surface area contributed by atoms with E-state index in [4.69, 9.17) is 0 Å². The Balaban J connectivity index is 1.50. The molecule has 0 heterocycles. The van der Waals surface area contributed by atoms with Gasteiger partial charge in [0.2, 0.25) is 0 Å². The third-order valence-corrected chi connectivity index (χ3v) is 8.94. The Labute approximate surface area is 199 Å². The lowest BCUT2D eigenvalue weighted by Crippen LogP contribution is -2.53. The minimum Gasteiger partial charge on any atom is -0.334 e. The monoisotopic (exact) mass is 459 g/mol. The summed E-state index contributed by atoms with van der Waals surface area (Å²) in [5, 5.41) is 13.0. The van der Waals surface area contributed by atoms with Crippen molar-refractivity contribution in [3.8, 4) is 0 Å². The molecule has 33 heavy (non-hydrogen) atoms. The molecule has 2 atom stereocenters. The Morgan fingerprint density at radius 3 is 1.94 bits per heavy atom. The summed E-state index contributed by atoms with van der Waals surface area (Å²) in [6.07, 6.45) is 4.40. The van der Waals surface area contributed by atoms with Crippen LogP contribution < -0.4 is 26.3 Å². The number of nitrogens with one attached hydrogen (secondary N) is 3. The number of urea groups is 1. The lowest BCUT2D eigenvalue weighted by Gasteiger charge is -2.36. The fraction of sp³-hybridized carbons (Fsp3) is 0.321. The molecule has 2 amide bonds. The predicted octanol–water partition coefficient (Wildman–Crippen LogP) is 5.05. The largest absolute Gasteiger partial charge is 0.334 e. The van der Waals surface area contributed by atoms with E-state index in [0.717, 1.165) is 24.8 Å². The quantitative estimate of drug-likeness (QED) is 0.433. The summed E-state index contributed by atoms with van der Waals surface area (Å²) < 4.78 is 0. The van der Waals surface area contributed by atoms with Crippen LogP contribution in [0.25, 0.3) is 0 Å². The van der Waals surface area contributed by atoms with Gasteiger partial charge in [-0.15, -0.1) is 0 Å². The van der Waals surface area contributed by atoms with Crippen molar-refractivity contribution in [1.29, 1.82) is 0 Å². The average molecular weight is 460 g/mol. The van der Waals surface area contributed by atoms with Gasteiger partial charge in [-0.2, -0.15) is 0 Å². The zero-order valence-corrected chi connectivity index (χ0v) is 20.4.